The van der Waals surface area contributed by atoms with Gasteiger partial charge < -0.3 is 9.30 Å². The number of amides is 2. The number of ether oxygens (including phenoxy) is 1. The van der Waals surface area contributed by atoms with Crippen molar-refractivity contribution < 1.29 is 19.1 Å². The Morgan fingerprint density at radius 3 is 2.64 bits per heavy atom. The van der Waals surface area contributed by atoms with Gasteiger partial charge in [-0.15, -0.1) is 0 Å². The van der Waals surface area contributed by atoms with Gasteiger partial charge in [0.2, 0.25) is 0 Å². The number of nitrogens with zero attached hydrogens (tertiary/aromatic N) is 3. The number of hydrogen-bond acceptors (Lipinski definition) is 6. The molecule has 1 aliphatic rings. The van der Waals surface area contributed by atoms with E-state index in [1.54, 1.807) is 19.2 Å². The maximum atomic E-state index is 12.6. The Kier molecular flexibility index (Phi) is 5.69. The molecule has 2 aromatic heterocycles. The Morgan fingerprint density at radius 2 is 2.00 bits per heavy atom. The van der Waals surface area contributed by atoms with Gasteiger partial charge in [-0.1, -0.05) is 6.07 Å². The van der Waals surface area contributed by atoms with Crippen molar-refractivity contribution in [1.82, 2.24) is 14.5 Å². The number of esters is 1. The second-order valence-corrected chi connectivity index (χ2v) is 7.42. The topological polar surface area (TPSA) is 81.5 Å². The average Bonchev–Trinajstić information content (AvgIpc) is 3.06. The van der Waals surface area contributed by atoms with E-state index in [0.717, 1.165) is 45.0 Å². The summed E-state index contributed by atoms with van der Waals surface area (Å²) in [5.41, 5.74) is 3.76. The molecule has 1 saturated heterocycles. The monoisotopic (exact) mass is 399 g/mol. The zero-order chi connectivity index (χ0) is 20.4. The number of pyridine rings is 1. The molecule has 2 aromatic rings. The second-order valence-electron chi connectivity index (χ2n) is 6.43. The molecule has 1 aliphatic heterocycles. The van der Waals surface area contributed by atoms with Crippen LogP contribution in [0.1, 0.15) is 29.4 Å². The minimum absolute atomic E-state index is 0.198. The highest BCUT2D eigenvalue weighted by molar-refractivity contribution is 8.18. The SMILES string of the molecule is CCOC(=O)CN1C(=O)S/C(=C/c2cc(C)n(-c3ccc(C)cn3)c2C)C1=O. The van der Waals surface area contributed by atoms with E-state index in [-0.39, 0.29) is 18.1 Å². The summed E-state index contributed by atoms with van der Waals surface area (Å²) in [5.74, 6) is -0.299. The first kappa shape index (κ1) is 19.9. The summed E-state index contributed by atoms with van der Waals surface area (Å²) < 4.78 is 6.82. The van der Waals surface area contributed by atoms with Crippen LogP contribution in [0.4, 0.5) is 4.79 Å². The molecule has 7 nitrogen and oxygen atoms in total. The molecule has 0 radical (unpaired) electrons. The lowest BCUT2D eigenvalue weighted by molar-refractivity contribution is -0.145. The summed E-state index contributed by atoms with van der Waals surface area (Å²) in [6, 6.07) is 5.87. The van der Waals surface area contributed by atoms with E-state index in [1.165, 1.54) is 0 Å². The van der Waals surface area contributed by atoms with Crippen molar-refractivity contribution in [3.05, 3.63) is 51.8 Å². The largest absolute Gasteiger partial charge is 0.465 e. The number of hydrogen-bond donors (Lipinski definition) is 0. The third-order valence-electron chi connectivity index (χ3n) is 4.35. The third kappa shape index (κ3) is 3.87. The van der Waals surface area contributed by atoms with Crippen molar-refractivity contribution in [3.63, 3.8) is 0 Å². The summed E-state index contributed by atoms with van der Waals surface area (Å²) in [6.45, 7) is 7.36. The van der Waals surface area contributed by atoms with Crippen molar-refractivity contribution >= 4 is 35.0 Å². The molecule has 8 heteroatoms. The lowest BCUT2D eigenvalue weighted by Gasteiger charge is -2.10. The van der Waals surface area contributed by atoms with Gasteiger partial charge >= 0.3 is 5.97 Å². The first-order valence-corrected chi connectivity index (χ1v) is 9.66. The molecular weight excluding hydrogens is 378 g/mol. The molecule has 1 fully saturated rings. The number of aryl methyl sites for hydroxylation is 2. The Morgan fingerprint density at radius 1 is 1.25 bits per heavy atom. The van der Waals surface area contributed by atoms with Gasteiger partial charge in [-0.3, -0.25) is 19.3 Å². The molecular formula is C20H21N3O4S. The Labute approximate surface area is 167 Å². The van der Waals surface area contributed by atoms with Crippen LogP contribution < -0.4 is 0 Å². The molecule has 0 unspecified atom stereocenters. The molecule has 0 atom stereocenters. The normalized spacial score (nSPS) is 15.6. The van der Waals surface area contributed by atoms with Crippen LogP contribution in [0.2, 0.25) is 0 Å². The van der Waals surface area contributed by atoms with Crippen LogP contribution in [-0.2, 0) is 14.3 Å². The highest BCUT2D eigenvalue weighted by Crippen LogP contribution is 2.33. The number of aromatic nitrogens is 2. The van der Waals surface area contributed by atoms with Crippen LogP contribution in [0.5, 0.6) is 0 Å². The molecule has 28 heavy (non-hydrogen) atoms. The summed E-state index contributed by atoms with van der Waals surface area (Å²) >= 11 is 0.824. The van der Waals surface area contributed by atoms with Gasteiger partial charge in [0.25, 0.3) is 11.1 Å². The highest BCUT2D eigenvalue weighted by Gasteiger charge is 2.36. The van der Waals surface area contributed by atoms with Crippen molar-refractivity contribution in [1.29, 1.82) is 0 Å². The Hall–Kier alpha value is -2.87. The number of carbonyl (C=O) groups is 3. The average molecular weight is 399 g/mol. The Bertz CT molecular complexity index is 976. The molecule has 146 valence electrons. The van der Waals surface area contributed by atoms with E-state index in [4.69, 9.17) is 4.74 Å². The molecule has 0 spiro atoms. The van der Waals surface area contributed by atoms with Gasteiger partial charge in [0.1, 0.15) is 12.4 Å². The van der Waals surface area contributed by atoms with E-state index in [1.807, 2.05) is 43.5 Å². The smallest absolute Gasteiger partial charge is 0.326 e. The second kappa shape index (κ2) is 8.02. The highest BCUT2D eigenvalue weighted by atomic mass is 32.2. The van der Waals surface area contributed by atoms with E-state index >= 15 is 0 Å². The van der Waals surface area contributed by atoms with Gasteiger partial charge in [-0.05, 0) is 68.8 Å². The lowest BCUT2D eigenvalue weighted by Crippen LogP contribution is -2.34. The van der Waals surface area contributed by atoms with Gasteiger partial charge in [0.15, 0.2) is 0 Å². The van der Waals surface area contributed by atoms with Crippen LogP contribution in [0, 0.1) is 20.8 Å². The van der Waals surface area contributed by atoms with Gasteiger partial charge in [-0.2, -0.15) is 0 Å². The number of thioether (sulfide) groups is 1. The van der Waals surface area contributed by atoms with E-state index in [9.17, 15) is 14.4 Å². The first-order chi connectivity index (χ1) is 13.3. The fraction of sp³-hybridized carbons (Fsp3) is 0.300. The van der Waals surface area contributed by atoms with Crippen LogP contribution >= 0.6 is 11.8 Å². The first-order valence-electron chi connectivity index (χ1n) is 8.84. The molecule has 0 bridgehead atoms. The van der Waals surface area contributed by atoms with Gasteiger partial charge in [0, 0.05) is 17.6 Å². The molecule has 0 aliphatic carbocycles. The molecule has 0 saturated carbocycles. The van der Waals surface area contributed by atoms with Crippen molar-refractivity contribution in [3.8, 4) is 5.82 Å². The van der Waals surface area contributed by atoms with Crippen molar-refractivity contribution in [2.75, 3.05) is 13.2 Å². The van der Waals surface area contributed by atoms with E-state index < -0.39 is 17.1 Å². The minimum atomic E-state index is -0.602. The maximum Gasteiger partial charge on any atom is 0.326 e. The van der Waals surface area contributed by atoms with Crippen LogP contribution in [0.25, 0.3) is 11.9 Å². The molecule has 3 rings (SSSR count). The molecule has 0 N–H and O–H groups in total. The molecule has 3 heterocycles. The van der Waals surface area contributed by atoms with Gasteiger partial charge in [0.05, 0.1) is 11.5 Å². The minimum Gasteiger partial charge on any atom is -0.465 e. The summed E-state index contributed by atoms with van der Waals surface area (Å²) in [5, 5.41) is -0.474. The third-order valence-corrected chi connectivity index (χ3v) is 5.26. The number of carbonyl (C=O) groups excluding carboxylic acids is 3. The fourth-order valence-corrected chi connectivity index (χ4v) is 3.82. The predicted octanol–water partition coefficient (Wildman–Crippen LogP) is 3.40. The quantitative estimate of drug-likeness (QED) is 0.566. The van der Waals surface area contributed by atoms with Crippen LogP contribution in [0.3, 0.4) is 0 Å². The summed E-state index contributed by atoms with van der Waals surface area (Å²) in [7, 11) is 0. The number of rotatable bonds is 5. The van der Waals surface area contributed by atoms with Crippen molar-refractivity contribution in [2.45, 2.75) is 27.7 Å². The zero-order valence-corrected chi connectivity index (χ0v) is 17.0. The summed E-state index contributed by atoms with van der Waals surface area (Å²) in [6.07, 6.45) is 3.48. The molecule has 0 aromatic carbocycles. The molecule has 2 amide bonds. The van der Waals surface area contributed by atoms with Crippen molar-refractivity contribution in [2.24, 2.45) is 0 Å². The van der Waals surface area contributed by atoms with Gasteiger partial charge in [-0.25, -0.2) is 4.98 Å². The van der Waals surface area contributed by atoms with E-state index in [2.05, 4.69) is 4.98 Å². The summed E-state index contributed by atoms with van der Waals surface area (Å²) in [4.78, 5) is 42.0. The number of imide groups is 1. The maximum absolute atomic E-state index is 12.6. The van der Waals surface area contributed by atoms with Crippen LogP contribution in [0.15, 0.2) is 29.3 Å². The predicted molar refractivity (Wildman–Crippen MR) is 107 cm³/mol. The standard InChI is InChI=1S/C20H21N3O4S/c1-5-27-18(24)11-22-19(25)16(28-20(22)26)9-15-8-13(3)23(14(15)4)17-7-6-12(2)10-21-17/h6-10H,5,11H2,1-4H3/b16-9+. The fourth-order valence-electron chi connectivity index (χ4n) is 2.99. The van der Waals surface area contributed by atoms with E-state index in [0.29, 0.717) is 0 Å². The Balaban J connectivity index is 1.89. The van der Waals surface area contributed by atoms with Crippen LogP contribution in [-0.4, -0.2) is 44.7 Å². The zero-order valence-electron chi connectivity index (χ0n) is 16.2. The lowest BCUT2D eigenvalue weighted by atomic mass is 10.2.